The van der Waals surface area contributed by atoms with Gasteiger partial charge < -0.3 is 10.2 Å². The number of amides is 2. The maximum atomic E-state index is 12.5. The SMILES string of the molecule is CC(=O)N1CCc2cc(S(=O)(=O)NCCC(=O)NC(C)c3ccccc3)ccc21. The summed E-state index contributed by atoms with van der Waals surface area (Å²) in [5.41, 5.74) is 2.57. The van der Waals surface area contributed by atoms with Crippen molar-refractivity contribution in [1.82, 2.24) is 10.0 Å². The average molecular weight is 416 g/mol. The largest absolute Gasteiger partial charge is 0.350 e. The van der Waals surface area contributed by atoms with Crippen molar-refractivity contribution in [1.29, 1.82) is 0 Å². The molecule has 0 aromatic heterocycles. The number of hydrogen-bond acceptors (Lipinski definition) is 4. The van der Waals surface area contributed by atoms with Crippen molar-refractivity contribution in [3.05, 3.63) is 59.7 Å². The number of anilines is 1. The summed E-state index contributed by atoms with van der Waals surface area (Å²) in [6.45, 7) is 3.94. The summed E-state index contributed by atoms with van der Waals surface area (Å²) in [4.78, 5) is 25.5. The predicted molar refractivity (Wildman–Crippen MR) is 111 cm³/mol. The van der Waals surface area contributed by atoms with Crippen molar-refractivity contribution >= 4 is 27.5 Å². The van der Waals surface area contributed by atoms with E-state index in [0.29, 0.717) is 13.0 Å². The van der Waals surface area contributed by atoms with Crippen LogP contribution in [0.25, 0.3) is 0 Å². The summed E-state index contributed by atoms with van der Waals surface area (Å²) in [6, 6.07) is 14.1. The van der Waals surface area contributed by atoms with E-state index >= 15 is 0 Å². The van der Waals surface area contributed by atoms with Gasteiger partial charge in [-0.2, -0.15) is 0 Å². The Hall–Kier alpha value is -2.71. The van der Waals surface area contributed by atoms with Crippen LogP contribution in [-0.2, 0) is 26.0 Å². The Morgan fingerprint density at radius 2 is 1.86 bits per heavy atom. The highest BCUT2D eigenvalue weighted by Crippen LogP contribution is 2.30. The maximum absolute atomic E-state index is 12.5. The minimum absolute atomic E-state index is 0.00628. The van der Waals surface area contributed by atoms with Crippen LogP contribution in [-0.4, -0.2) is 33.3 Å². The van der Waals surface area contributed by atoms with Crippen LogP contribution < -0.4 is 14.9 Å². The summed E-state index contributed by atoms with van der Waals surface area (Å²) in [6.07, 6.45) is 0.664. The van der Waals surface area contributed by atoms with Crippen LogP contribution >= 0.6 is 0 Å². The molecule has 2 aromatic carbocycles. The molecule has 1 atom stereocenters. The average Bonchev–Trinajstić information content (AvgIpc) is 3.12. The summed E-state index contributed by atoms with van der Waals surface area (Å²) < 4.78 is 27.6. The highest BCUT2D eigenvalue weighted by molar-refractivity contribution is 7.89. The quantitative estimate of drug-likeness (QED) is 0.724. The van der Waals surface area contributed by atoms with E-state index in [1.54, 1.807) is 17.0 Å². The van der Waals surface area contributed by atoms with Gasteiger partial charge in [0.2, 0.25) is 21.8 Å². The van der Waals surface area contributed by atoms with Gasteiger partial charge in [-0.3, -0.25) is 9.59 Å². The van der Waals surface area contributed by atoms with Gasteiger partial charge in [-0.1, -0.05) is 30.3 Å². The van der Waals surface area contributed by atoms with Crippen LogP contribution in [0, 0.1) is 0 Å². The minimum Gasteiger partial charge on any atom is -0.350 e. The highest BCUT2D eigenvalue weighted by atomic mass is 32.2. The highest BCUT2D eigenvalue weighted by Gasteiger charge is 2.24. The maximum Gasteiger partial charge on any atom is 0.240 e. The van der Waals surface area contributed by atoms with Crippen molar-refractivity contribution in [2.75, 3.05) is 18.0 Å². The lowest BCUT2D eigenvalue weighted by molar-refractivity contribution is -0.121. The van der Waals surface area contributed by atoms with Gasteiger partial charge in [0.1, 0.15) is 0 Å². The number of nitrogens with zero attached hydrogens (tertiary/aromatic N) is 1. The Balaban J connectivity index is 1.55. The smallest absolute Gasteiger partial charge is 0.240 e. The molecule has 2 N–H and O–H groups in total. The molecule has 2 aromatic rings. The first-order valence-corrected chi connectivity index (χ1v) is 11.0. The van der Waals surface area contributed by atoms with E-state index < -0.39 is 10.0 Å². The lowest BCUT2D eigenvalue weighted by Gasteiger charge is -2.15. The van der Waals surface area contributed by atoms with Gasteiger partial charge in [0, 0.05) is 32.1 Å². The second-order valence-electron chi connectivity index (χ2n) is 7.06. The van der Waals surface area contributed by atoms with Gasteiger partial charge in [0.15, 0.2) is 0 Å². The van der Waals surface area contributed by atoms with Crippen molar-refractivity contribution in [2.24, 2.45) is 0 Å². The van der Waals surface area contributed by atoms with E-state index in [-0.39, 0.29) is 35.7 Å². The fraction of sp³-hybridized carbons (Fsp3) is 0.333. The minimum atomic E-state index is -3.73. The zero-order chi connectivity index (χ0) is 21.0. The molecule has 1 aliphatic heterocycles. The summed E-state index contributed by atoms with van der Waals surface area (Å²) in [5, 5.41) is 2.86. The molecule has 7 nitrogen and oxygen atoms in total. The number of fused-ring (bicyclic) bond motifs is 1. The second kappa shape index (κ2) is 8.75. The molecule has 3 rings (SSSR count). The van der Waals surface area contributed by atoms with Crippen molar-refractivity contribution in [3.63, 3.8) is 0 Å². The fourth-order valence-corrected chi connectivity index (χ4v) is 4.48. The molecule has 0 spiro atoms. The van der Waals surface area contributed by atoms with Crippen molar-refractivity contribution in [3.8, 4) is 0 Å². The molecule has 29 heavy (non-hydrogen) atoms. The van der Waals surface area contributed by atoms with Crippen molar-refractivity contribution < 1.29 is 18.0 Å². The summed E-state index contributed by atoms with van der Waals surface area (Å²) in [5.74, 6) is -0.289. The third kappa shape index (κ3) is 5.02. The van der Waals surface area contributed by atoms with Gasteiger partial charge in [-0.05, 0) is 42.7 Å². The Bertz CT molecular complexity index is 1010. The first kappa shape index (κ1) is 21.0. The number of carbonyl (C=O) groups is 2. The Labute approximate surface area is 171 Å². The van der Waals surface area contributed by atoms with E-state index in [9.17, 15) is 18.0 Å². The Kier molecular flexibility index (Phi) is 6.34. The summed E-state index contributed by atoms with van der Waals surface area (Å²) >= 11 is 0. The number of hydrogen-bond donors (Lipinski definition) is 2. The molecule has 2 amide bonds. The van der Waals surface area contributed by atoms with Crippen molar-refractivity contribution in [2.45, 2.75) is 37.6 Å². The lowest BCUT2D eigenvalue weighted by atomic mass is 10.1. The molecular weight excluding hydrogens is 390 g/mol. The third-order valence-corrected chi connectivity index (χ3v) is 6.42. The molecule has 0 fully saturated rings. The van der Waals surface area contributed by atoms with Crippen LogP contribution in [0.2, 0.25) is 0 Å². The lowest BCUT2D eigenvalue weighted by Crippen LogP contribution is -2.32. The fourth-order valence-electron chi connectivity index (χ4n) is 3.39. The predicted octanol–water partition coefficient (Wildman–Crippen LogP) is 2.14. The molecular formula is C21H25N3O4S. The number of nitrogens with one attached hydrogen (secondary N) is 2. The Morgan fingerprint density at radius 3 is 2.55 bits per heavy atom. The zero-order valence-electron chi connectivity index (χ0n) is 16.5. The number of carbonyl (C=O) groups excluding carboxylic acids is 2. The second-order valence-corrected chi connectivity index (χ2v) is 8.83. The Morgan fingerprint density at radius 1 is 1.14 bits per heavy atom. The van der Waals surface area contributed by atoms with E-state index in [0.717, 1.165) is 16.8 Å². The van der Waals surface area contributed by atoms with Gasteiger partial charge in [-0.15, -0.1) is 0 Å². The molecule has 1 heterocycles. The van der Waals surface area contributed by atoms with E-state index in [1.807, 2.05) is 37.3 Å². The van der Waals surface area contributed by atoms with Gasteiger partial charge in [0.25, 0.3) is 0 Å². The van der Waals surface area contributed by atoms with Gasteiger partial charge in [-0.25, -0.2) is 13.1 Å². The molecule has 0 radical (unpaired) electrons. The van der Waals surface area contributed by atoms with E-state index in [2.05, 4.69) is 10.0 Å². The monoisotopic (exact) mass is 415 g/mol. The van der Waals surface area contributed by atoms with Crippen LogP contribution in [0.4, 0.5) is 5.69 Å². The van der Waals surface area contributed by atoms with Crippen LogP contribution in [0.15, 0.2) is 53.4 Å². The van der Waals surface area contributed by atoms with Crippen LogP contribution in [0.5, 0.6) is 0 Å². The standard InChI is InChI=1S/C21H25N3O4S/c1-15(17-6-4-3-5-7-17)23-21(26)10-12-22-29(27,28)19-8-9-20-18(14-19)11-13-24(20)16(2)25/h3-9,14-15,22H,10-13H2,1-2H3,(H,23,26). The normalized spacial score (nSPS) is 14.3. The molecule has 0 bridgehead atoms. The first-order valence-electron chi connectivity index (χ1n) is 9.53. The van der Waals surface area contributed by atoms with Crippen LogP contribution in [0.3, 0.4) is 0 Å². The van der Waals surface area contributed by atoms with E-state index in [1.165, 1.54) is 13.0 Å². The molecule has 1 unspecified atom stereocenters. The van der Waals surface area contributed by atoms with Gasteiger partial charge in [0.05, 0.1) is 10.9 Å². The number of rotatable bonds is 7. The zero-order valence-corrected chi connectivity index (χ0v) is 17.3. The number of benzene rings is 2. The van der Waals surface area contributed by atoms with E-state index in [4.69, 9.17) is 0 Å². The topological polar surface area (TPSA) is 95.6 Å². The summed E-state index contributed by atoms with van der Waals surface area (Å²) in [7, 11) is -3.73. The van der Waals surface area contributed by atoms with Crippen LogP contribution in [0.1, 0.15) is 37.4 Å². The first-order chi connectivity index (χ1) is 13.8. The molecule has 0 saturated heterocycles. The molecule has 0 aliphatic carbocycles. The third-order valence-electron chi connectivity index (χ3n) is 4.96. The molecule has 1 aliphatic rings. The molecule has 8 heteroatoms. The number of sulfonamides is 1. The molecule has 0 saturated carbocycles. The van der Waals surface area contributed by atoms with Gasteiger partial charge >= 0.3 is 0 Å². The molecule has 154 valence electrons.